The van der Waals surface area contributed by atoms with Crippen molar-refractivity contribution in [3.8, 4) is 5.75 Å². The topological polar surface area (TPSA) is 52.6 Å². The molecule has 0 saturated carbocycles. The number of hydrogen-bond donors (Lipinski definition) is 0. The maximum Gasteiger partial charge on any atom is 0.339 e. The van der Waals surface area contributed by atoms with Gasteiger partial charge in [-0.05, 0) is 73.8 Å². The molecule has 2 aliphatic heterocycles. The number of rotatable bonds is 1. The molecule has 156 valence electrons. The Hall–Kier alpha value is -2.96. The van der Waals surface area contributed by atoms with E-state index in [1.165, 1.54) is 0 Å². The highest BCUT2D eigenvalue weighted by Gasteiger charge is 2.61. The van der Waals surface area contributed by atoms with E-state index in [0.717, 1.165) is 14.5 Å². The molecule has 0 aromatic heterocycles. The van der Waals surface area contributed by atoms with Crippen molar-refractivity contribution in [1.29, 1.82) is 0 Å². The van der Waals surface area contributed by atoms with E-state index >= 15 is 0 Å². The average molecular weight is 550 g/mol. The maximum atomic E-state index is 14.0. The number of esters is 1. The summed E-state index contributed by atoms with van der Waals surface area (Å²) in [5, 5.41) is 0. The van der Waals surface area contributed by atoms with E-state index in [1.54, 1.807) is 18.2 Å². The number of para-hydroxylation sites is 1. The van der Waals surface area contributed by atoms with Gasteiger partial charge in [0, 0.05) is 25.6 Å². The van der Waals surface area contributed by atoms with Crippen molar-refractivity contribution < 1.29 is 19.1 Å². The van der Waals surface area contributed by atoms with Crippen LogP contribution < -0.4 is 4.74 Å². The summed E-state index contributed by atoms with van der Waals surface area (Å²) in [5.41, 5.74) is 1.85. The highest BCUT2D eigenvalue weighted by Crippen LogP contribution is 2.57. The van der Waals surface area contributed by atoms with E-state index in [0.29, 0.717) is 33.8 Å². The van der Waals surface area contributed by atoms with Crippen LogP contribution in [0.2, 0.25) is 0 Å². The molecule has 3 aromatic carbocycles. The van der Waals surface area contributed by atoms with Gasteiger partial charge in [0.1, 0.15) is 17.4 Å². The molecule has 32 heavy (non-hydrogen) atoms. The normalized spacial score (nSPS) is 22.9. The number of ether oxygens (including phenoxy) is 2. The van der Waals surface area contributed by atoms with Crippen LogP contribution in [-0.4, -0.2) is 11.8 Å². The minimum absolute atomic E-state index is 0.157. The molecule has 6 rings (SSSR count). The standard InChI is InChI=1S/C26H14Br2O4/c27-19-11-9-14(13-20(19)28)15-10-12-22-23(24(15)29)26(18-7-3-4-8-21(18)31-22)17-6-2-1-5-16(17)25(30)32-26/h1-13,23H. The summed E-state index contributed by atoms with van der Waals surface area (Å²) in [6.07, 6.45) is 3.58. The summed E-state index contributed by atoms with van der Waals surface area (Å²) in [7, 11) is 0. The number of ketones is 1. The molecule has 1 spiro atoms. The molecule has 0 bridgehead atoms. The van der Waals surface area contributed by atoms with Gasteiger partial charge in [0.15, 0.2) is 11.4 Å². The molecule has 3 aromatic rings. The maximum absolute atomic E-state index is 14.0. The number of carbonyl (C=O) groups excluding carboxylic acids is 2. The predicted octanol–water partition coefficient (Wildman–Crippen LogP) is 6.18. The van der Waals surface area contributed by atoms with Crippen molar-refractivity contribution in [2.24, 2.45) is 5.92 Å². The second-order valence-electron chi connectivity index (χ2n) is 7.84. The van der Waals surface area contributed by atoms with Gasteiger partial charge in [-0.15, -0.1) is 0 Å². The predicted molar refractivity (Wildman–Crippen MR) is 126 cm³/mol. The number of Topliss-reactive ketones (excluding diaryl/α,β-unsaturated/α-hetero) is 1. The average Bonchev–Trinajstić information content (AvgIpc) is 3.09. The number of hydrogen-bond acceptors (Lipinski definition) is 4. The molecular formula is C26H14Br2O4. The third kappa shape index (κ3) is 2.60. The Labute approximate surface area is 200 Å². The first-order valence-electron chi connectivity index (χ1n) is 10.0. The van der Waals surface area contributed by atoms with Crippen LogP contribution in [0.4, 0.5) is 0 Å². The van der Waals surface area contributed by atoms with Crippen molar-refractivity contribution in [3.63, 3.8) is 0 Å². The monoisotopic (exact) mass is 548 g/mol. The van der Waals surface area contributed by atoms with Gasteiger partial charge in [-0.3, -0.25) is 4.79 Å². The van der Waals surface area contributed by atoms with E-state index in [1.807, 2.05) is 60.7 Å². The van der Waals surface area contributed by atoms with E-state index in [4.69, 9.17) is 9.47 Å². The van der Waals surface area contributed by atoms with Gasteiger partial charge < -0.3 is 9.47 Å². The molecule has 0 N–H and O–H groups in total. The van der Waals surface area contributed by atoms with E-state index in [2.05, 4.69) is 31.9 Å². The van der Waals surface area contributed by atoms with Crippen LogP contribution in [0.3, 0.4) is 0 Å². The Balaban J connectivity index is 1.60. The van der Waals surface area contributed by atoms with Gasteiger partial charge in [-0.1, -0.05) is 42.5 Å². The fourth-order valence-electron chi connectivity index (χ4n) is 4.81. The van der Waals surface area contributed by atoms with Crippen LogP contribution in [-0.2, 0) is 15.1 Å². The fourth-order valence-corrected chi connectivity index (χ4v) is 5.43. The molecule has 1 aliphatic carbocycles. The third-order valence-corrected chi connectivity index (χ3v) is 8.06. The lowest BCUT2D eigenvalue weighted by atomic mass is 9.68. The number of fused-ring (bicyclic) bond motifs is 6. The third-order valence-electron chi connectivity index (χ3n) is 6.18. The summed E-state index contributed by atoms with van der Waals surface area (Å²) in [5.74, 6) is -0.372. The number of carbonyl (C=O) groups is 2. The Bertz CT molecular complexity index is 1400. The van der Waals surface area contributed by atoms with Gasteiger partial charge in [0.2, 0.25) is 0 Å². The zero-order valence-corrected chi connectivity index (χ0v) is 19.6. The van der Waals surface area contributed by atoms with Gasteiger partial charge in [0.05, 0.1) is 5.56 Å². The van der Waals surface area contributed by atoms with Gasteiger partial charge in [-0.25, -0.2) is 4.79 Å². The first-order valence-corrected chi connectivity index (χ1v) is 11.6. The number of allylic oxidation sites excluding steroid dienone is 3. The van der Waals surface area contributed by atoms with Crippen LogP contribution in [0.1, 0.15) is 27.0 Å². The molecule has 6 heteroatoms. The molecule has 0 radical (unpaired) electrons. The minimum Gasteiger partial charge on any atom is -0.460 e. The second kappa shape index (κ2) is 7.02. The number of benzene rings is 3. The summed E-state index contributed by atoms with van der Waals surface area (Å²) < 4.78 is 14.0. The van der Waals surface area contributed by atoms with E-state index in [9.17, 15) is 9.59 Å². The SMILES string of the molecule is O=C1OC2(c3ccccc3OC3=CC=C(c4ccc(Br)c(Br)c4)C(=O)C32)c2ccccc21. The van der Waals surface area contributed by atoms with Gasteiger partial charge >= 0.3 is 5.97 Å². The first-order chi connectivity index (χ1) is 15.5. The van der Waals surface area contributed by atoms with Crippen LogP contribution >= 0.6 is 31.9 Å². The second-order valence-corrected chi connectivity index (χ2v) is 9.55. The largest absolute Gasteiger partial charge is 0.460 e. The molecular weight excluding hydrogens is 536 g/mol. The highest BCUT2D eigenvalue weighted by molar-refractivity contribution is 9.13. The first kappa shape index (κ1) is 19.7. The Morgan fingerprint density at radius 1 is 0.812 bits per heavy atom. The zero-order valence-electron chi connectivity index (χ0n) is 16.5. The van der Waals surface area contributed by atoms with Crippen molar-refractivity contribution >= 4 is 49.2 Å². The van der Waals surface area contributed by atoms with E-state index in [-0.39, 0.29) is 5.78 Å². The molecule has 4 nitrogen and oxygen atoms in total. The molecule has 0 amide bonds. The van der Waals surface area contributed by atoms with Gasteiger partial charge in [-0.2, -0.15) is 0 Å². The quantitative estimate of drug-likeness (QED) is 0.340. The lowest BCUT2D eigenvalue weighted by Gasteiger charge is -2.43. The minimum atomic E-state index is -1.28. The zero-order chi connectivity index (χ0) is 22.0. The summed E-state index contributed by atoms with van der Waals surface area (Å²) in [6.45, 7) is 0. The Kier molecular flexibility index (Phi) is 4.32. The molecule has 3 aliphatic rings. The van der Waals surface area contributed by atoms with E-state index < -0.39 is 17.5 Å². The lowest BCUT2D eigenvalue weighted by Crippen LogP contribution is -2.47. The lowest BCUT2D eigenvalue weighted by molar-refractivity contribution is -0.124. The molecule has 0 fully saturated rings. The Morgan fingerprint density at radius 2 is 1.56 bits per heavy atom. The highest BCUT2D eigenvalue weighted by atomic mass is 79.9. The van der Waals surface area contributed by atoms with Gasteiger partial charge in [0.25, 0.3) is 0 Å². The fraction of sp³-hybridized carbons (Fsp3) is 0.0769. The number of halogens is 2. The molecule has 2 heterocycles. The summed E-state index contributed by atoms with van der Waals surface area (Å²) in [6, 6.07) is 20.4. The van der Waals surface area contributed by atoms with Crippen molar-refractivity contribution in [3.05, 3.63) is 116 Å². The Morgan fingerprint density at radius 3 is 2.38 bits per heavy atom. The van der Waals surface area contributed by atoms with Crippen molar-refractivity contribution in [1.82, 2.24) is 0 Å². The van der Waals surface area contributed by atoms with Crippen molar-refractivity contribution in [2.75, 3.05) is 0 Å². The molecule has 2 unspecified atom stereocenters. The van der Waals surface area contributed by atoms with Crippen molar-refractivity contribution in [2.45, 2.75) is 5.60 Å². The summed E-state index contributed by atoms with van der Waals surface area (Å²) in [4.78, 5) is 27.0. The van der Waals surface area contributed by atoms with Crippen LogP contribution in [0.5, 0.6) is 5.75 Å². The van der Waals surface area contributed by atoms with Crippen LogP contribution in [0.25, 0.3) is 5.57 Å². The smallest absolute Gasteiger partial charge is 0.339 e. The summed E-state index contributed by atoms with van der Waals surface area (Å²) >= 11 is 6.99. The molecule has 2 atom stereocenters. The molecule has 0 saturated heterocycles. The van der Waals surface area contributed by atoms with Crippen LogP contribution in [0.15, 0.2) is 93.6 Å². The van der Waals surface area contributed by atoms with Crippen LogP contribution in [0, 0.1) is 5.92 Å².